The molecular formula is C9H11ClNOP. The van der Waals surface area contributed by atoms with Gasteiger partial charge in [0.15, 0.2) is 0 Å². The van der Waals surface area contributed by atoms with E-state index >= 15 is 0 Å². The summed E-state index contributed by atoms with van der Waals surface area (Å²) >= 11 is 6.09. The molecular weight excluding hydrogens is 205 g/mol. The van der Waals surface area contributed by atoms with Gasteiger partial charge < -0.3 is 9.19 Å². The lowest BCUT2D eigenvalue weighted by Crippen LogP contribution is -2.23. The first kappa shape index (κ1) is 9.26. The fourth-order valence-corrected chi connectivity index (χ4v) is 3.05. The van der Waals surface area contributed by atoms with E-state index < -0.39 is 7.65 Å². The van der Waals surface area contributed by atoms with Crippen molar-refractivity contribution in [3.63, 3.8) is 0 Å². The molecule has 0 aromatic heterocycles. The van der Waals surface area contributed by atoms with Crippen molar-refractivity contribution in [1.29, 1.82) is 0 Å². The van der Waals surface area contributed by atoms with Crippen LogP contribution in [0.2, 0.25) is 0 Å². The van der Waals surface area contributed by atoms with Crippen molar-refractivity contribution in [2.24, 2.45) is 0 Å². The van der Waals surface area contributed by atoms with Gasteiger partial charge in [-0.15, -0.1) is 0 Å². The molecule has 1 fully saturated rings. The molecule has 1 heterocycles. The number of halogens is 1. The third kappa shape index (κ3) is 2.14. The molecule has 0 aliphatic carbocycles. The van der Waals surface area contributed by atoms with Crippen molar-refractivity contribution in [3.8, 4) is 0 Å². The number of para-hydroxylation sites is 1. The first-order chi connectivity index (χ1) is 6.38. The minimum absolute atomic E-state index is 0.790. The van der Waals surface area contributed by atoms with Gasteiger partial charge in [0.2, 0.25) is 7.65 Å². The van der Waals surface area contributed by atoms with Gasteiger partial charge >= 0.3 is 0 Å². The number of hydrogen-bond donors (Lipinski definition) is 0. The summed E-state index contributed by atoms with van der Waals surface area (Å²) in [6.07, 6.45) is 1.06. The van der Waals surface area contributed by atoms with Crippen LogP contribution in [0.4, 0.5) is 5.69 Å². The Labute approximate surface area is 84.1 Å². The minimum Gasteiger partial charge on any atom is -0.327 e. The number of nitrogens with zero attached hydrogens (tertiary/aromatic N) is 1. The van der Waals surface area contributed by atoms with Gasteiger partial charge in [-0.3, -0.25) is 0 Å². The first-order valence-corrected chi connectivity index (χ1v) is 6.41. The molecule has 0 bridgehead atoms. The number of anilines is 1. The van der Waals surface area contributed by atoms with Crippen LogP contribution in [-0.4, -0.2) is 13.2 Å². The van der Waals surface area contributed by atoms with E-state index in [1.54, 1.807) is 0 Å². The second-order valence-electron chi connectivity index (χ2n) is 2.87. The summed E-state index contributed by atoms with van der Waals surface area (Å²) in [5, 5.41) is 0. The van der Waals surface area contributed by atoms with Crippen molar-refractivity contribution >= 4 is 24.6 Å². The first-order valence-electron chi connectivity index (χ1n) is 4.29. The minimum atomic E-state index is -0.926. The van der Waals surface area contributed by atoms with Crippen LogP contribution in [0.3, 0.4) is 0 Å². The Bertz CT molecular complexity index is 270. The van der Waals surface area contributed by atoms with E-state index in [1.807, 2.05) is 18.2 Å². The van der Waals surface area contributed by atoms with Gasteiger partial charge in [0.1, 0.15) is 0 Å². The lowest BCUT2D eigenvalue weighted by Gasteiger charge is -2.31. The van der Waals surface area contributed by atoms with E-state index in [9.17, 15) is 0 Å². The monoisotopic (exact) mass is 215 g/mol. The lowest BCUT2D eigenvalue weighted by atomic mass is 10.3. The Kier molecular flexibility index (Phi) is 3.05. The van der Waals surface area contributed by atoms with Gasteiger partial charge in [-0.2, -0.15) is 0 Å². The Morgan fingerprint density at radius 1 is 1.31 bits per heavy atom. The number of benzene rings is 1. The van der Waals surface area contributed by atoms with E-state index in [4.69, 9.17) is 15.8 Å². The molecule has 13 heavy (non-hydrogen) atoms. The molecule has 2 rings (SSSR count). The third-order valence-electron chi connectivity index (χ3n) is 1.96. The predicted octanol–water partition coefficient (Wildman–Crippen LogP) is 3.38. The van der Waals surface area contributed by atoms with Gasteiger partial charge in [0.25, 0.3) is 0 Å². The number of hydrogen-bond acceptors (Lipinski definition) is 2. The zero-order chi connectivity index (χ0) is 9.10. The van der Waals surface area contributed by atoms with Gasteiger partial charge in [-0.1, -0.05) is 18.2 Å². The average Bonchev–Trinajstić information content (AvgIpc) is 2.20. The van der Waals surface area contributed by atoms with Crippen LogP contribution in [0.5, 0.6) is 0 Å². The Hall–Kier alpha value is -0.300. The molecule has 1 aliphatic heterocycles. The zero-order valence-electron chi connectivity index (χ0n) is 7.19. The molecule has 0 spiro atoms. The summed E-state index contributed by atoms with van der Waals surface area (Å²) in [5.74, 6) is 0. The summed E-state index contributed by atoms with van der Waals surface area (Å²) < 4.78 is 7.53. The molecule has 1 atom stereocenters. The fraction of sp³-hybridized carbons (Fsp3) is 0.333. The van der Waals surface area contributed by atoms with Gasteiger partial charge in [-0.05, 0) is 29.8 Å². The highest BCUT2D eigenvalue weighted by atomic mass is 35.7. The molecule has 0 N–H and O–H groups in total. The number of rotatable bonds is 1. The van der Waals surface area contributed by atoms with E-state index in [-0.39, 0.29) is 0 Å². The Morgan fingerprint density at radius 3 is 2.77 bits per heavy atom. The maximum absolute atomic E-state index is 6.09. The quantitative estimate of drug-likeness (QED) is 0.666. The highest BCUT2D eigenvalue weighted by molar-refractivity contribution is 7.81. The SMILES string of the molecule is ClP1OCCCN1c1ccccc1. The molecule has 1 aliphatic rings. The van der Waals surface area contributed by atoms with E-state index in [0.717, 1.165) is 25.3 Å². The Balaban J connectivity index is 2.15. The standard InChI is InChI=1S/C9H11ClNOP/c10-13-11(7-4-8-12-13)9-5-2-1-3-6-9/h1-3,5-6H,4,7-8H2. The molecule has 0 amide bonds. The molecule has 70 valence electrons. The summed E-state index contributed by atoms with van der Waals surface area (Å²) in [7, 11) is -0.926. The molecule has 1 aromatic carbocycles. The van der Waals surface area contributed by atoms with E-state index in [2.05, 4.69) is 16.8 Å². The lowest BCUT2D eigenvalue weighted by molar-refractivity contribution is 0.335. The van der Waals surface area contributed by atoms with Crippen molar-refractivity contribution in [2.45, 2.75) is 6.42 Å². The maximum atomic E-state index is 6.09. The summed E-state index contributed by atoms with van der Waals surface area (Å²) in [6.45, 7) is 1.79. The van der Waals surface area contributed by atoms with Crippen molar-refractivity contribution in [1.82, 2.24) is 0 Å². The van der Waals surface area contributed by atoms with Crippen LogP contribution >= 0.6 is 18.9 Å². The maximum Gasteiger partial charge on any atom is 0.236 e. The second kappa shape index (κ2) is 4.28. The van der Waals surface area contributed by atoms with Crippen LogP contribution in [0.25, 0.3) is 0 Å². The van der Waals surface area contributed by atoms with Crippen LogP contribution in [0.15, 0.2) is 30.3 Å². The zero-order valence-corrected chi connectivity index (χ0v) is 8.84. The van der Waals surface area contributed by atoms with E-state index in [1.165, 1.54) is 0 Å². The molecule has 1 aromatic rings. The van der Waals surface area contributed by atoms with Crippen LogP contribution in [0, 0.1) is 0 Å². The third-order valence-corrected chi connectivity index (χ3v) is 4.00. The summed E-state index contributed by atoms with van der Waals surface area (Å²) in [6, 6.07) is 10.2. The molecule has 1 saturated heterocycles. The fourth-order valence-electron chi connectivity index (χ4n) is 1.32. The van der Waals surface area contributed by atoms with Crippen molar-refractivity contribution in [3.05, 3.63) is 30.3 Å². The topological polar surface area (TPSA) is 12.5 Å². The molecule has 0 saturated carbocycles. The molecule has 2 nitrogen and oxygen atoms in total. The average molecular weight is 216 g/mol. The molecule has 0 radical (unpaired) electrons. The highest BCUT2D eigenvalue weighted by Gasteiger charge is 2.21. The van der Waals surface area contributed by atoms with Crippen molar-refractivity contribution in [2.75, 3.05) is 17.8 Å². The predicted molar refractivity (Wildman–Crippen MR) is 57.1 cm³/mol. The summed E-state index contributed by atoms with van der Waals surface area (Å²) in [5.41, 5.74) is 1.16. The van der Waals surface area contributed by atoms with E-state index in [0.29, 0.717) is 0 Å². The Morgan fingerprint density at radius 2 is 2.08 bits per heavy atom. The summed E-state index contributed by atoms with van der Waals surface area (Å²) in [4.78, 5) is 0. The molecule has 1 unspecified atom stereocenters. The highest BCUT2D eigenvalue weighted by Crippen LogP contribution is 2.51. The molecule has 4 heteroatoms. The largest absolute Gasteiger partial charge is 0.327 e. The van der Waals surface area contributed by atoms with Gasteiger partial charge in [-0.25, -0.2) is 0 Å². The smallest absolute Gasteiger partial charge is 0.236 e. The van der Waals surface area contributed by atoms with Gasteiger partial charge in [0, 0.05) is 12.2 Å². The second-order valence-corrected chi connectivity index (χ2v) is 4.93. The van der Waals surface area contributed by atoms with Crippen molar-refractivity contribution < 1.29 is 4.52 Å². The normalized spacial score (nSPS) is 23.2. The van der Waals surface area contributed by atoms with Crippen LogP contribution < -0.4 is 4.67 Å². The van der Waals surface area contributed by atoms with Crippen LogP contribution in [0.1, 0.15) is 6.42 Å². The van der Waals surface area contributed by atoms with Gasteiger partial charge in [0.05, 0.1) is 6.61 Å². The van der Waals surface area contributed by atoms with Crippen LogP contribution in [-0.2, 0) is 4.52 Å².